The molecule has 114 valence electrons. The summed E-state index contributed by atoms with van der Waals surface area (Å²) in [6.07, 6.45) is 1.51. The molecule has 0 atom stereocenters. The van der Waals surface area contributed by atoms with Gasteiger partial charge < -0.3 is 16.0 Å². The number of nitrogens with two attached hydrogens (primary N) is 1. The highest BCUT2D eigenvalue weighted by Gasteiger charge is 2.27. The standard InChI is InChI=1S/C15H20FN3O2/c1-10-2-3-11(8-13(10)16)15(21)19(9-14(17)20)12-4-6-18-7-5-12/h2-3,8,12,18H,4-7,9H2,1H3,(H2,17,20). The third-order valence-corrected chi connectivity index (χ3v) is 3.76. The van der Waals surface area contributed by atoms with Crippen molar-refractivity contribution >= 4 is 11.8 Å². The number of halogens is 1. The first kappa shape index (κ1) is 15.4. The van der Waals surface area contributed by atoms with Gasteiger partial charge in [0.25, 0.3) is 5.91 Å². The van der Waals surface area contributed by atoms with E-state index in [1.807, 2.05) is 0 Å². The van der Waals surface area contributed by atoms with Crippen LogP contribution in [0.15, 0.2) is 18.2 Å². The first-order chi connectivity index (χ1) is 9.99. The van der Waals surface area contributed by atoms with Gasteiger partial charge in [0.05, 0.1) is 6.54 Å². The number of amides is 2. The van der Waals surface area contributed by atoms with Crippen LogP contribution in [0.2, 0.25) is 0 Å². The molecule has 6 heteroatoms. The number of primary amides is 1. The lowest BCUT2D eigenvalue weighted by atomic mass is 10.0. The van der Waals surface area contributed by atoms with Crippen LogP contribution in [0, 0.1) is 12.7 Å². The summed E-state index contributed by atoms with van der Waals surface area (Å²) >= 11 is 0. The van der Waals surface area contributed by atoms with Gasteiger partial charge in [0.15, 0.2) is 0 Å². The number of carbonyl (C=O) groups is 2. The van der Waals surface area contributed by atoms with Gasteiger partial charge in [-0.05, 0) is 50.6 Å². The molecule has 3 N–H and O–H groups in total. The Balaban J connectivity index is 2.23. The van der Waals surface area contributed by atoms with Crippen molar-refractivity contribution in [3.8, 4) is 0 Å². The van der Waals surface area contributed by atoms with Crippen LogP contribution < -0.4 is 11.1 Å². The fourth-order valence-electron chi connectivity index (χ4n) is 2.54. The number of piperidine rings is 1. The predicted octanol–water partition coefficient (Wildman–Crippen LogP) is 0.814. The van der Waals surface area contributed by atoms with Crippen LogP contribution in [-0.4, -0.2) is 42.4 Å². The van der Waals surface area contributed by atoms with Gasteiger partial charge in [0.1, 0.15) is 5.82 Å². The number of nitrogens with one attached hydrogen (secondary N) is 1. The Morgan fingerprint density at radius 2 is 2.05 bits per heavy atom. The summed E-state index contributed by atoms with van der Waals surface area (Å²) in [5.41, 5.74) is 5.98. The molecule has 0 bridgehead atoms. The van der Waals surface area contributed by atoms with E-state index in [1.54, 1.807) is 19.1 Å². The highest BCUT2D eigenvalue weighted by molar-refractivity contribution is 5.96. The van der Waals surface area contributed by atoms with E-state index < -0.39 is 11.7 Å². The highest BCUT2D eigenvalue weighted by atomic mass is 19.1. The normalized spacial score (nSPS) is 15.7. The summed E-state index contributed by atoms with van der Waals surface area (Å²) < 4.78 is 13.6. The Morgan fingerprint density at radius 1 is 1.38 bits per heavy atom. The summed E-state index contributed by atoms with van der Waals surface area (Å²) in [5, 5.41) is 3.20. The molecule has 2 amide bonds. The monoisotopic (exact) mass is 293 g/mol. The third-order valence-electron chi connectivity index (χ3n) is 3.76. The van der Waals surface area contributed by atoms with Gasteiger partial charge in [-0.25, -0.2) is 4.39 Å². The van der Waals surface area contributed by atoms with E-state index >= 15 is 0 Å². The predicted molar refractivity (Wildman–Crippen MR) is 77.3 cm³/mol. The van der Waals surface area contributed by atoms with E-state index in [9.17, 15) is 14.0 Å². The van der Waals surface area contributed by atoms with Gasteiger partial charge in [0.2, 0.25) is 5.91 Å². The maximum Gasteiger partial charge on any atom is 0.254 e. The lowest BCUT2D eigenvalue weighted by Crippen LogP contribution is -2.49. The maximum absolute atomic E-state index is 13.6. The van der Waals surface area contributed by atoms with Crippen molar-refractivity contribution in [2.45, 2.75) is 25.8 Å². The Kier molecular flexibility index (Phi) is 4.90. The van der Waals surface area contributed by atoms with Crippen LogP contribution in [-0.2, 0) is 4.79 Å². The van der Waals surface area contributed by atoms with E-state index in [1.165, 1.54) is 11.0 Å². The van der Waals surface area contributed by atoms with Gasteiger partial charge >= 0.3 is 0 Å². The highest BCUT2D eigenvalue weighted by Crippen LogP contribution is 2.17. The molecule has 1 aliphatic rings. The third kappa shape index (κ3) is 3.78. The lowest BCUT2D eigenvalue weighted by Gasteiger charge is -2.34. The molecule has 0 radical (unpaired) electrons. The Labute approximate surface area is 123 Å². The number of aryl methyl sites for hydroxylation is 1. The second-order valence-corrected chi connectivity index (χ2v) is 5.34. The first-order valence-corrected chi connectivity index (χ1v) is 7.05. The number of carbonyl (C=O) groups excluding carboxylic acids is 2. The molecule has 0 aromatic heterocycles. The fourth-order valence-corrected chi connectivity index (χ4v) is 2.54. The van der Waals surface area contributed by atoms with Gasteiger partial charge in [0, 0.05) is 11.6 Å². The van der Waals surface area contributed by atoms with E-state index in [0.29, 0.717) is 5.56 Å². The second-order valence-electron chi connectivity index (χ2n) is 5.34. The van der Waals surface area contributed by atoms with Gasteiger partial charge in [-0.3, -0.25) is 9.59 Å². The van der Waals surface area contributed by atoms with Gasteiger partial charge in [-0.2, -0.15) is 0 Å². The Hall–Kier alpha value is -1.95. The topological polar surface area (TPSA) is 75.4 Å². The minimum Gasteiger partial charge on any atom is -0.368 e. The number of hydrogen-bond donors (Lipinski definition) is 2. The molecule has 1 aromatic carbocycles. The van der Waals surface area contributed by atoms with Crippen LogP contribution in [0.3, 0.4) is 0 Å². The van der Waals surface area contributed by atoms with Gasteiger partial charge in [-0.1, -0.05) is 6.07 Å². The largest absolute Gasteiger partial charge is 0.368 e. The summed E-state index contributed by atoms with van der Waals surface area (Å²) in [5.74, 6) is -1.33. The summed E-state index contributed by atoms with van der Waals surface area (Å²) in [4.78, 5) is 25.3. The van der Waals surface area contributed by atoms with Crippen LogP contribution >= 0.6 is 0 Å². The number of nitrogens with zero attached hydrogens (tertiary/aromatic N) is 1. The minimum absolute atomic E-state index is 0.0457. The molecule has 21 heavy (non-hydrogen) atoms. The molecular formula is C15H20FN3O2. The fraction of sp³-hybridized carbons (Fsp3) is 0.467. The molecular weight excluding hydrogens is 273 g/mol. The molecule has 5 nitrogen and oxygen atoms in total. The Morgan fingerprint density at radius 3 is 2.62 bits per heavy atom. The number of hydrogen-bond acceptors (Lipinski definition) is 3. The number of benzene rings is 1. The lowest BCUT2D eigenvalue weighted by molar-refractivity contribution is -0.119. The maximum atomic E-state index is 13.6. The Bertz CT molecular complexity index is 542. The molecule has 0 spiro atoms. The quantitative estimate of drug-likeness (QED) is 0.863. The van der Waals surface area contributed by atoms with Crippen LogP contribution in [0.1, 0.15) is 28.8 Å². The van der Waals surface area contributed by atoms with Crippen LogP contribution in [0.25, 0.3) is 0 Å². The van der Waals surface area contributed by atoms with Crippen molar-refractivity contribution in [3.05, 3.63) is 35.1 Å². The molecule has 1 aromatic rings. The molecule has 0 saturated carbocycles. The average molecular weight is 293 g/mol. The zero-order chi connectivity index (χ0) is 15.4. The summed E-state index contributed by atoms with van der Waals surface area (Å²) in [6, 6.07) is 4.31. The van der Waals surface area contributed by atoms with E-state index in [-0.39, 0.29) is 24.1 Å². The minimum atomic E-state index is -0.561. The van der Waals surface area contributed by atoms with Crippen LogP contribution in [0.4, 0.5) is 4.39 Å². The van der Waals surface area contributed by atoms with E-state index in [4.69, 9.17) is 5.73 Å². The SMILES string of the molecule is Cc1ccc(C(=O)N(CC(N)=O)C2CCNCC2)cc1F. The molecule has 0 aliphatic carbocycles. The molecule has 1 fully saturated rings. The average Bonchev–Trinajstić information content (AvgIpc) is 2.47. The number of rotatable bonds is 4. The first-order valence-electron chi connectivity index (χ1n) is 7.05. The molecule has 1 saturated heterocycles. The second kappa shape index (κ2) is 6.67. The van der Waals surface area contributed by atoms with Crippen LogP contribution in [0.5, 0.6) is 0 Å². The van der Waals surface area contributed by atoms with E-state index in [0.717, 1.165) is 25.9 Å². The smallest absolute Gasteiger partial charge is 0.254 e. The summed E-state index contributed by atoms with van der Waals surface area (Å²) in [6.45, 7) is 3.07. The van der Waals surface area contributed by atoms with Crippen molar-refractivity contribution in [1.82, 2.24) is 10.2 Å². The van der Waals surface area contributed by atoms with Crippen molar-refractivity contribution in [2.75, 3.05) is 19.6 Å². The molecule has 0 unspecified atom stereocenters. The van der Waals surface area contributed by atoms with E-state index in [2.05, 4.69) is 5.32 Å². The van der Waals surface area contributed by atoms with Crippen molar-refractivity contribution in [2.24, 2.45) is 5.73 Å². The zero-order valence-electron chi connectivity index (χ0n) is 12.1. The molecule has 1 aliphatic heterocycles. The van der Waals surface area contributed by atoms with Crippen molar-refractivity contribution in [1.29, 1.82) is 0 Å². The zero-order valence-corrected chi connectivity index (χ0v) is 12.1. The van der Waals surface area contributed by atoms with Gasteiger partial charge in [-0.15, -0.1) is 0 Å². The molecule has 2 rings (SSSR count). The van der Waals surface area contributed by atoms with Crippen molar-refractivity contribution in [3.63, 3.8) is 0 Å². The summed E-state index contributed by atoms with van der Waals surface area (Å²) in [7, 11) is 0. The molecule has 1 heterocycles. The van der Waals surface area contributed by atoms with Crippen molar-refractivity contribution < 1.29 is 14.0 Å².